The summed E-state index contributed by atoms with van der Waals surface area (Å²) in [6.07, 6.45) is -4.36. The van der Waals surface area contributed by atoms with Gasteiger partial charge >= 0.3 is 12.1 Å². The average molecular weight is 532 g/mol. The van der Waals surface area contributed by atoms with Crippen LogP contribution in [0.25, 0.3) is 20.8 Å². The number of fused-ring (bicyclic) bond motifs is 1. The molecule has 4 aromatic rings. The Kier molecular flexibility index (Phi) is 7.90. The van der Waals surface area contributed by atoms with Gasteiger partial charge in [-0.2, -0.15) is 13.2 Å². The molecule has 4 rings (SSSR count). The quantitative estimate of drug-likeness (QED) is 0.170. The standard InChI is InChI=1S/C27H24F3NO3S2/c1-4-33-25(32)15-34-23-12-10-21(13-16(23)2)35-17(3)19-7-11-22-24(14-19)36-26(31-22)18-5-8-20(9-6-18)27(28,29)30/h5-14,17H,4,15H2,1-3H3. The Morgan fingerprint density at radius 2 is 1.83 bits per heavy atom. The van der Waals surface area contributed by atoms with Crippen molar-refractivity contribution >= 4 is 39.3 Å². The second-order valence-corrected chi connectivity index (χ2v) is 10.5. The van der Waals surface area contributed by atoms with Gasteiger partial charge in [0.1, 0.15) is 10.8 Å². The van der Waals surface area contributed by atoms with Gasteiger partial charge in [-0.1, -0.05) is 18.2 Å². The molecule has 1 heterocycles. The maximum absolute atomic E-state index is 12.9. The Morgan fingerprint density at radius 3 is 2.50 bits per heavy atom. The number of hydrogen-bond donors (Lipinski definition) is 0. The molecule has 0 aliphatic rings. The minimum atomic E-state index is -4.36. The van der Waals surface area contributed by atoms with E-state index < -0.39 is 17.7 Å². The van der Waals surface area contributed by atoms with Gasteiger partial charge < -0.3 is 9.47 Å². The molecule has 36 heavy (non-hydrogen) atoms. The highest BCUT2D eigenvalue weighted by molar-refractivity contribution is 7.99. The predicted molar refractivity (Wildman–Crippen MR) is 138 cm³/mol. The molecule has 188 valence electrons. The second kappa shape index (κ2) is 10.9. The van der Waals surface area contributed by atoms with Crippen molar-refractivity contribution in [3.05, 3.63) is 77.4 Å². The fourth-order valence-electron chi connectivity index (χ4n) is 3.59. The number of esters is 1. The van der Waals surface area contributed by atoms with Gasteiger partial charge in [-0.25, -0.2) is 9.78 Å². The number of rotatable bonds is 8. The SMILES string of the molecule is CCOC(=O)COc1ccc(SC(C)c2ccc3nc(-c4ccc(C(F)(F)F)cc4)sc3c2)cc1C. The van der Waals surface area contributed by atoms with Gasteiger partial charge in [0.25, 0.3) is 0 Å². The molecule has 0 aliphatic carbocycles. The van der Waals surface area contributed by atoms with Gasteiger partial charge in [-0.3, -0.25) is 0 Å². The van der Waals surface area contributed by atoms with Crippen LogP contribution in [0.2, 0.25) is 0 Å². The lowest BCUT2D eigenvalue weighted by Gasteiger charge is -2.14. The number of aromatic nitrogens is 1. The molecule has 0 amide bonds. The van der Waals surface area contributed by atoms with Gasteiger partial charge in [-0.05, 0) is 74.4 Å². The van der Waals surface area contributed by atoms with E-state index in [1.54, 1.807) is 18.7 Å². The van der Waals surface area contributed by atoms with E-state index in [4.69, 9.17) is 9.47 Å². The Hall–Kier alpha value is -3.04. The lowest BCUT2D eigenvalue weighted by molar-refractivity contribution is -0.145. The number of halogens is 3. The van der Waals surface area contributed by atoms with Crippen LogP contribution < -0.4 is 4.74 Å². The summed E-state index contributed by atoms with van der Waals surface area (Å²) in [7, 11) is 0. The second-order valence-electron chi connectivity index (χ2n) is 8.10. The summed E-state index contributed by atoms with van der Waals surface area (Å²) in [4.78, 5) is 17.2. The molecular formula is C27H24F3NO3S2. The summed E-state index contributed by atoms with van der Waals surface area (Å²) in [5.41, 5.74) is 2.85. The highest BCUT2D eigenvalue weighted by Gasteiger charge is 2.30. The fraction of sp³-hybridized carbons (Fsp3) is 0.259. The van der Waals surface area contributed by atoms with Crippen LogP contribution in [0, 0.1) is 6.92 Å². The normalized spacial score (nSPS) is 12.5. The number of nitrogens with zero attached hydrogens (tertiary/aromatic N) is 1. The third kappa shape index (κ3) is 6.20. The largest absolute Gasteiger partial charge is 0.482 e. The van der Waals surface area contributed by atoms with E-state index in [0.29, 0.717) is 22.9 Å². The van der Waals surface area contributed by atoms with Crippen molar-refractivity contribution in [2.75, 3.05) is 13.2 Å². The molecule has 3 aromatic carbocycles. The molecule has 0 spiro atoms. The third-order valence-electron chi connectivity index (χ3n) is 5.45. The molecule has 1 aromatic heterocycles. The summed E-state index contributed by atoms with van der Waals surface area (Å²) in [6, 6.07) is 17.0. The maximum atomic E-state index is 12.9. The number of hydrogen-bond acceptors (Lipinski definition) is 6. The molecule has 1 atom stereocenters. The molecule has 0 saturated heterocycles. The average Bonchev–Trinajstić information content (AvgIpc) is 3.27. The molecule has 0 bridgehead atoms. The predicted octanol–water partition coefficient (Wildman–Crippen LogP) is 8.09. The molecule has 0 fully saturated rings. The lowest BCUT2D eigenvalue weighted by Crippen LogP contribution is -2.14. The summed E-state index contributed by atoms with van der Waals surface area (Å²) < 4.78 is 50.0. The summed E-state index contributed by atoms with van der Waals surface area (Å²) in [5, 5.41) is 0.835. The zero-order valence-corrected chi connectivity index (χ0v) is 21.5. The summed E-state index contributed by atoms with van der Waals surface area (Å²) in [5.74, 6) is 0.242. The Labute approximate surface area is 215 Å². The van der Waals surface area contributed by atoms with Crippen LogP contribution in [0.3, 0.4) is 0 Å². The zero-order valence-electron chi connectivity index (χ0n) is 19.9. The highest BCUT2D eigenvalue weighted by Crippen LogP contribution is 2.39. The van der Waals surface area contributed by atoms with Gasteiger partial charge in [0.15, 0.2) is 6.61 Å². The van der Waals surface area contributed by atoms with Crippen LogP contribution in [0.5, 0.6) is 5.75 Å². The molecule has 0 N–H and O–H groups in total. The zero-order chi connectivity index (χ0) is 25.9. The molecular weight excluding hydrogens is 507 g/mol. The van der Waals surface area contributed by atoms with Crippen molar-refractivity contribution < 1.29 is 27.4 Å². The van der Waals surface area contributed by atoms with Gasteiger partial charge in [0.2, 0.25) is 0 Å². The fourth-order valence-corrected chi connectivity index (χ4v) is 5.69. The van der Waals surface area contributed by atoms with Crippen molar-refractivity contribution in [3.8, 4) is 16.3 Å². The van der Waals surface area contributed by atoms with Crippen LogP contribution in [-0.4, -0.2) is 24.2 Å². The van der Waals surface area contributed by atoms with Crippen LogP contribution in [0.1, 0.15) is 35.8 Å². The van der Waals surface area contributed by atoms with Gasteiger partial charge in [0.05, 0.1) is 22.4 Å². The highest BCUT2D eigenvalue weighted by atomic mass is 32.2. The van der Waals surface area contributed by atoms with Crippen molar-refractivity contribution in [1.82, 2.24) is 4.98 Å². The van der Waals surface area contributed by atoms with Crippen molar-refractivity contribution in [2.45, 2.75) is 37.1 Å². The number of carbonyl (C=O) groups excluding carboxylic acids is 1. The minimum Gasteiger partial charge on any atom is -0.482 e. The van der Waals surface area contributed by atoms with Crippen LogP contribution in [-0.2, 0) is 15.7 Å². The maximum Gasteiger partial charge on any atom is 0.416 e. The number of thioether (sulfide) groups is 1. The number of ether oxygens (including phenoxy) is 2. The van der Waals surface area contributed by atoms with Gasteiger partial charge in [-0.15, -0.1) is 23.1 Å². The number of carbonyl (C=O) groups is 1. The number of thiazole rings is 1. The van der Waals surface area contributed by atoms with Crippen molar-refractivity contribution in [3.63, 3.8) is 0 Å². The van der Waals surface area contributed by atoms with Crippen molar-refractivity contribution in [2.24, 2.45) is 0 Å². The molecule has 0 radical (unpaired) electrons. The topological polar surface area (TPSA) is 48.4 Å². The number of aryl methyl sites for hydroxylation is 1. The summed E-state index contributed by atoms with van der Waals surface area (Å²) >= 11 is 3.16. The van der Waals surface area contributed by atoms with E-state index >= 15 is 0 Å². The molecule has 9 heteroatoms. The molecule has 0 saturated carbocycles. The van der Waals surface area contributed by atoms with Crippen LogP contribution in [0.4, 0.5) is 13.2 Å². The van der Waals surface area contributed by atoms with E-state index in [0.717, 1.165) is 38.4 Å². The van der Waals surface area contributed by atoms with E-state index in [1.807, 2.05) is 37.3 Å². The smallest absolute Gasteiger partial charge is 0.416 e. The van der Waals surface area contributed by atoms with E-state index in [1.165, 1.54) is 23.5 Å². The molecule has 0 aliphatic heterocycles. The minimum absolute atomic E-state index is 0.124. The molecule has 4 nitrogen and oxygen atoms in total. The monoisotopic (exact) mass is 531 g/mol. The van der Waals surface area contributed by atoms with E-state index in [9.17, 15) is 18.0 Å². The number of alkyl halides is 3. The first kappa shape index (κ1) is 26.0. The number of benzene rings is 3. The van der Waals surface area contributed by atoms with E-state index in [2.05, 4.69) is 18.0 Å². The Morgan fingerprint density at radius 1 is 1.08 bits per heavy atom. The first-order valence-corrected chi connectivity index (χ1v) is 13.0. The third-order valence-corrected chi connectivity index (χ3v) is 7.67. The Balaban J connectivity index is 1.46. The van der Waals surface area contributed by atoms with Crippen LogP contribution in [0.15, 0.2) is 65.6 Å². The van der Waals surface area contributed by atoms with Gasteiger partial charge in [0, 0.05) is 15.7 Å². The Bertz CT molecular complexity index is 1370. The van der Waals surface area contributed by atoms with Crippen molar-refractivity contribution in [1.29, 1.82) is 0 Å². The van der Waals surface area contributed by atoms with E-state index in [-0.39, 0.29) is 11.9 Å². The summed E-state index contributed by atoms with van der Waals surface area (Å²) in [6.45, 7) is 5.99. The van der Waals surface area contributed by atoms with Crippen LogP contribution >= 0.6 is 23.1 Å². The lowest BCUT2D eigenvalue weighted by atomic mass is 10.1. The first-order valence-electron chi connectivity index (χ1n) is 11.3. The molecule has 1 unspecified atom stereocenters. The first-order chi connectivity index (χ1) is 17.1.